The van der Waals surface area contributed by atoms with Crippen molar-refractivity contribution in [3.05, 3.63) is 30.6 Å². The second-order valence-electron chi connectivity index (χ2n) is 7.52. The first kappa shape index (κ1) is 17.0. The summed E-state index contributed by atoms with van der Waals surface area (Å²) in [7, 11) is 0. The summed E-state index contributed by atoms with van der Waals surface area (Å²) in [5.41, 5.74) is 2.24. The largest absolute Gasteiger partial charge is 0.330 e. The molecule has 1 amide bonds. The number of imidazole rings is 1. The number of nitriles is 1. The Morgan fingerprint density at radius 3 is 3.08 bits per heavy atom. The lowest BCUT2D eigenvalue weighted by molar-refractivity contribution is -0.130. The summed E-state index contributed by atoms with van der Waals surface area (Å²) >= 11 is 0. The molecule has 4 rings (SSSR count). The molecule has 1 aliphatic carbocycles. The molecule has 1 aliphatic heterocycles. The molecule has 6 heteroatoms. The highest BCUT2D eigenvalue weighted by molar-refractivity contribution is 5.79. The highest BCUT2D eigenvalue weighted by Gasteiger charge is 2.30. The lowest BCUT2D eigenvalue weighted by Crippen LogP contribution is -2.42. The molecular weight excluding hydrogens is 326 g/mol. The number of nitrogens with zero attached hydrogens (tertiary/aromatic N) is 4. The van der Waals surface area contributed by atoms with Gasteiger partial charge in [0.2, 0.25) is 5.91 Å². The van der Waals surface area contributed by atoms with Gasteiger partial charge in [0, 0.05) is 19.1 Å². The van der Waals surface area contributed by atoms with Gasteiger partial charge in [0.25, 0.3) is 0 Å². The summed E-state index contributed by atoms with van der Waals surface area (Å²) in [6, 6.07) is 10.6. The van der Waals surface area contributed by atoms with E-state index < -0.39 is 0 Å². The van der Waals surface area contributed by atoms with Gasteiger partial charge in [-0.3, -0.25) is 4.79 Å². The fourth-order valence-electron chi connectivity index (χ4n) is 4.39. The number of hydrogen-bond donors (Lipinski definition) is 1. The predicted molar refractivity (Wildman–Crippen MR) is 99.2 cm³/mol. The number of fused-ring (bicyclic) bond motifs is 1. The van der Waals surface area contributed by atoms with E-state index in [0.29, 0.717) is 18.5 Å². The van der Waals surface area contributed by atoms with Crippen molar-refractivity contribution in [1.82, 2.24) is 19.8 Å². The van der Waals surface area contributed by atoms with Gasteiger partial charge < -0.3 is 14.8 Å². The molecule has 6 nitrogen and oxygen atoms in total. The number of nitrogens with one attached hydrogen (secondary N) is 1. The first-order valence-electron chi connectivity index (χ1n) is 9.57. The van der Waals surface area contributed by atoms with Crippen LogP contribution in [0.1, 0.15) is 32.1 Å². The van der Waals surface area contributed by atoms with E-state index >= 15 is 0 Å². The molecular formula is C20H25N5O. The zero-order chi connectivity index (χ0) is 17.9. The van der Waals surface area contributed by atoms with E-state index in [2.05, 4.69) is 33.1 Å². The fourth-order valence-corrected chi connectivity index (χ4v) is 4.39. The number of hydrogen-bond acceptors (Lipinski definition) is 4. The van der Waals surface area contributed by atoms with E-state index in [-0.39, 0.29) is 11.9 Å². The van der Waals surface area contributed by atoms with Crippen molar-refractivity contribution in [3.8, 4) is 6.07 Å². The van der Waals surface area contributed by atoms with Gasteiger partial charge in [-0.1, -0.05) is 12.1 Å². The first-order chi connectivity index (χ1) is 12.7. The number of likely N-dealkylation sites (tertiary alicyclic amines) is 1. The van der Waals surface area contributed by atoms with E-state index in [4.69, 9.17) is 5.26 Å². The summed E-state index contributed by atoms with van der Waals surface area (Å²) in [4.78, 5) is 18.6. The van der Waals surface area contributed by atoms with Crippen molar-refractivity contribution in [1.29, 1.82) is 5.26 Å². The van der Waals surface area contributed by atoms with Gasteiger partial charge in [-0.15, -0.1) is 0 Å². The van der Waals surface area contributed by atoms with Crippen LogP contribution in [0.4, 0.5) is 0 Å². The number of amides is 1. The average molecular weight is 351 g/mol. The van der Waals surface area contributed by atoms with Crippen LogP contribution >= 0.6 is 0 Å². The number of benzene rings is 1. The summed E-state index contributed by atoms with van der Waals surface area (Å²) in [6.07, 6.45) is 7.04. The molecule has 1 aromatic heterocycles. The number of para-hydroxylation sites is 2. The molecule has 1 saturated carbocycles. The van der Waals surface area contributed by atoms with Crippen LogP contribution in [0.15, 0.2) is 30.6 Å². The van der Waals surface area contributed by atoms with Gasteiger partial charge >= 0.3 is 0 Å². The first-order valence-corrected chi connectivity index (χ1v) is 9.57. The van der Waals surface area contributed by atoms with Crippen LogP contribution in [-0.2, 0) is 11.3 Å². The third-order valence-corrected chi connectivity index (χ3v) is 5.79. The molecule has 2 heterocycles. The highest BCUT2D eigenvalue weighted by atomic mass is 16.2. The zero-order valence-electron chi connectivity index (χ0n) is 15.0. The van der Waals surface area contributed by atoms with Crippen LogP contribution < -0.4 is 5.32 Å². The number of carbonyl (C=O) groups is 1. The highest BCUT2D eigenvalue weighted by Crippen LogP contribution is 2.28. The van der Waals surface area contributed by atoms with Crippen LogP contribution in [0.25, 0.3) is 11.0 Å². The molecule has 2 fully saturated rings. The predicted octanol–water partition coefficient (Wildman–Crippen LogP) is 2.31. The van der Waals surface area contributed by atoms with Gasteiger partial charge in [-0.05, 0) is 50.2 Å². The Morgan fingerprint density at radius 1 is 1.31 bits per heavy atom. The van der Waals surface area contributed by atoms with E-state index in [1.165, 1.54) is 11.9 Å². The maximum atomic E-state index is 12.4. The van der Waals surface area contributed by atoms with E-state index in [1.807, 2.05) is 18.5 Å². The van der Waals surface area contributed by atoms with Crippen LogP contribution in [0.2, 0.25) is 0 Å². The van der Waals surface area contributed by atoms with Crippen LogP contribution in [-0.4, -0.2) is 45.5 Å². The fraction of sp³-hybridized carbons (Fsp3) is 0.550. The molecule has 0 bridgehead atoms. The molecule has 1 N–H and O–H groups in total. The summed E-state index contributed by atoms with van der Waals surface area (Å²) in [5.74, 6) is 0.678. The summed E-state index contributed by atoms with van der Waals surface area (Å²) in [5, 5.41) is 12.5. The molecule has 3 atom stereocenters. The van der Waals surface area contributed by atoms with Gasteiger partial charge in [0.15, 0.2) is 0 Å². The maximum Gasteiger partial charge on any atom is 0.237 e. The number of carbonyl (C=O) groups excluding carboxylic acids is 1. The molecule has 2 aromatic rings. The minimum absolute atomic E-state index is 0.0677. The second kappa shape index (κ2) is 7.46. The zero-order valence-corrected chi connectivity index (χ0v) is 15.0. The van der Waals surface area contributed by atoms with Crippen molar-refractivity contribution in [2.24, 2.45) is 5.92 Å². The van der Waals surface area contributed by atoms with Crippen LogP contribution in [0.5, 0.6) is 0 Å². The van der Waals surface area contributed by atoms with E-state index in [1.54, 1.807) is 4.90 Å². The summed E-state index contributed by atoms with van der Waals surface area (Å²) in [6.45, 7) is 2.05. The Kier molecular flexibility index (Phi) is 4.89. The lowest BCUT2D eigenvalue weighted by atomic mass is 10.1. The normalized spacial score (nSPS) is 25.7. The standard InChI is InChI=1S/C20H25N5O/c21-11-17-4-3-9-25(17)20(26)12-22-16-8-7-15(10-16)13-24-14-23-18-5-1-2-6-19(18)24/h1-2,5-6,14-17,22H,3-4,7-10,12-13H2/t15-,16+,17-/m0/s1. The van der Waals surface area contributed by atoms with Crippen molar-refractivity contribution in [2.45, 2.75) is 50.7 Å². The number of rotatable bonds is 5. The van der Waals surface area contributed by atoms with Gasteiger partial charge in [-0.2, -0.15) is 5.26 Å². The van der Waals surface area contributed by atoms with Crippen molar-refractivity contribution in [3.63, 3.8) is 0 Å². The minimum atomic E-state index is -0.227. The Bertz CT molecular complexity index is 823. The topological polar surface area (TPSA) is 74.0 Å². The smallest absolute Gasteiger partial charge is 0.237 e. The minimum Gasteiger partial charge on any atom is -0.330 e. The molecule has 1 aromatic carbocycles. The second-order valence-corrected chi connectivity index (χ2v) is 7.52. The molecule has 1 saturated heterocycles. The Labute approximate surface area is 153 Å². The number of aromatic nitrogens is 2. The molecule has 26 heavy (non-hydrogen) atoms. The Hall–Kier alpha value is -2.39. The lowest BCUT2D eigenvalue weighted by Gasteiger charge is -2.21. The SMILES string of the molecule is N#C[C@@H]1CCCN1C(=O)CN[C@@H]1CC[C@H](Cn2cnc3ccccc32)C1. The van der Waals surface area contributed by atoms with E-state index in [9.17, 15) is 4.79 Å². The van der Waals surface area contributed by atoms with Crippen molar-refractivity contribution >= 4 is 16.9 Å². The Balaban J connectivity index is 1.28. The third kappa shape index (κ3) is 3.45. The maximum absolute atomic E-state index is 12.4. The van der Waals surface area contributed by atoms with Crippen LogP contribution in [0.3, 0.4) is 0 Å². The molecule has 2 aliphatic rings. The van der Waals surface area contributed by atoms with Crippen LogP contribution in [0, 0.1) is 17.2 Å². The molecule has 136 valence electrons. The molecule has 0 unspecified atom stereocenters. The van der Waals surface area contributed by atoms with Gasteiger partial charge in [0.05, 0.1) is 30.0 Å². The average Bonchev–Trinajstić information content (AvgIpc) is 3.40. The third-order valence-electron chi connectivity index (χ3n) is 5.79. The van der Waals surface area contributed by atoms with Gasteiger partial charge in [0.1, 0.15) is 6.04 Å². The molecule has 0 radical (unpaired) electrons. The van der Waals surface area contributed by atoms with E-state index in [0.717, 1.165) is 44.3 Å². The van der Waals surface area contributed by atoms with Crippen molar-refractivity contribution in [2.75, 3.05) is 13.1 Å². The summed E-state index contributed by atoms with van der Waals surface area (Å²) < 4.78 is 2.25. The van der Waals surface area contributed by atoms with Gasteiger partial charge in [-0.25, -0.2) is 4.98 Å². The molecule has 0 spiro atoms. The Morgan fingerprint density at radius 2 is 2.19 bits per heavy atom. The monoisotopic (exact) mass is 351 g/mol. The quantitative estimate of drug-likeness (QED) is 0.897. The van der Waals surface area contributed by atoms with Crippen molar-refractivity contribution < 1.29 is 4.79 Å².